The fraction of sp³-hybridized carbons (Fsp3) is 0.562. The molecule has 0 saturated heterocycles. The molecule has 0 radical (unpaired) electrons. The molecule has 2 N–H and O–H groups in total. The summed E-state index contributed by atoms with van der Waals surface area (Å²) in [7, 11) is 0. The molecule has 0 bridgehead atoms. The van der Waals surface area contributed by atoms with Gasteiger partial charge in [0.15, 0.2) is 0 Å². The van der Waals surface area contributed by atoms with Crippen molar-refractivity contribution in [2.24, 2.45) is 0 Å². The van der Waals surface area contributed by atoms with Crippen LogP contribution in [0.1, 0.15) is 50.5 Å². The molecule has 5 nitrogen and oxygen atoms in total. The van der Waals surface area contributed by atoms with E-state index in [1.165, 1.54) is 0 Å². The first-order valence-corrected chi connectivity index (χ1v) is 7.51. The van der Waals surface area contributed by atoms with Crippen LogP contribution < -0.4 is 5.32 Å². The number of carboxylic acids is 1. The van der Waals surface area contributed by atoms with E-state index in [-0.39, 0.29) is 12.3 Å². The van der Waals surface area contributed by atoms with Crippen LogP contribution in [-0.2, 0) is 16.0 Å². The van der Waals surface area contributed by atoms with E-state index in [1.54, 1.807) is 12.4 Å². The summed E-state index contributed by atoms with van der Waals surface area (Å²) >= 11 is 0. The Kier molecular flexibility index (Phi) is 5.31. The highest BCUT2D eigenvalue weighted by Crippen LogP contribution is 2.31. The van der Waals surface area contributed by atoms with Gasteiger partial charge in [0, 0.05) is 18.8 Å². The molecule has 1 amide bonds. The fourth-order valence-corrected chi connectivity index (χ4v) is 3.03. The highest BCUT2D eigenvalue weighted by molar-refractivity contribution is 5.78. The molecule has 21 heavy (non-hydrogen) atoms. The van der Waals surface area contributed by atoms with E-state index >= 15 is 0 Å². The topological polar surface area (TPSA) is 79.3 Å². The van der Waals surface area contributed by atoms with Crippen LogP contribution in [0, 0.1) is 0 Å². The summed E-state index contributed by atoms with van der Waals surface area (Å²) in [6.45, 7) is 0. The lowest BCUT2D eigenvalue weighted by Crippen LogP contribution is -2.51. The number of hydrogen-bond acceptors (Lipinski definition) is 3. The van der Waals surface area contributed by atoms with Gasteiger partial charge in [-0.2, -0.15) is 0 Å². The second-order valence-corrected chi connectivity index (χ2v) is 5.82. The molecule has 0 aromatic carbocycles. The molecule has 1 aromatic rings. The van der Waals surface area contributed by atoms with Crippen LogP contribution in [0.15, 0.2) is 24.5 Å². The van der Waals surface area contributed by atoms with Gasteiger partial charge in [-0.05, 0) is 30.9 Å². The fourth-order valence-electron chi connectivity index (χ4n) is 3.03. The van der Waals surface area contributed by atoms with Gasteiger partial charge in [-0.25, -0.2) is 0 Å². The Labute approximate surface area is 124 Å². The van der Waals surface area contributed by atoms with Gasteiger partial charge < -0.3 is 10.4 Å². The average Bonchev–Trinajstić information content (AvgIpc) is 2.46. The average molecular weight is 290 g/mol. The minimum absolute atomic E-state index is 0.0195. The standard InChI is InChI=1S/C16H22N2O3/c19-14(7-6-13-5-4-10-17-12-13)18-16(11-15(20)21)8-2-1-3-9-16/h4-5,10,12H,1-3,6-9,11H2,(H,18,19)(H,20,21). The maximum absolute atomic E-state index is 12.1. The number of aliphatic carboxylic acids is 1. The molecule has 1 saturated carbocycles. The molecule has 1 aliphatic rings. The van der Waals surface area contributed by atoms with Crippen LogP contribution >= 0.6 is 0 Å². The van der Waals surface area contributed by atoms with Crippen LogP contribution in [-0.4, -0.2) is 27.5 Å². The Morgan fingerprint density at radius 2 is 2.05 bits per heavy atom. The van der Waals surface area contributed by atoms with Gasteiger partial charge in [-0.1, -0.05) is 25.3 Å². The van der Waals surface area contributed by atoms with Crippen LogP contribution in [0.5, 0.6) is 0 Å². The van der Waals surface area contributed by atoms with E-state index in [2.05, 4.69) is 10.3 Å². The second-order valence-electron chi connectivity index (χ2n) is 5.82. The second kappa shape index (κ2) is 7.20. The molecule has 114 valence electrons. The predicted octanol–water partition coefficient (Wildman–Crippen LogP) is 2.31. The van der Waals surface area contributed by atoms with Crippen molar-refractivity contribution < 1.29 is 14.7 Å². The zero-order valence-corrected chi connectivity index (χ0v) is 12.2. The van der Waals surface area contributed by atoms with E-state index in [0.717, 1.165) is 37.7 Å². The molecule has 1 aliphatic carbocycles. The first kappa shape index (κ1) is 15.5. The molecule has 0 atom stereocenters. The summed E-state index contributed by atoms with van der Waals surface area (Å²) in [6.07, 6.45) is 9.07. The number of aryl methyl sites for hydroxylation is 1. The molecule has 2 rings (SSSR count). The lowest BCUT2D eigenvalue weighted by atomic mass is 9.79. The van der Waals surface area contributed by atoms with Crippen LogP contribution in [0.25, 0.3) is 0 Å². The molecule has 1 heterocycles. The SMILES string of the molecule is O=C(O)CC1(NC(=O)CCc2cccnc2)CCCCC1. The third-order valence-electron chi connectivity index (χ3n) is 4.07. The minimum atomic E-state index is -0.843. The van der Waals surface area contributed by atoms with Gasteiger partial charge in [0.25, 0.3) is 0 Å². The van der Waals surface area contributed by atoms with E-state index in [0.29, 0.717) is 12.8 Å². The Morgan fingerprint density at radius 3 is 2.67 bits per heavy atom. The quantitative estimate of drug-likeness (QED) is 0.842. The van der Waals surface area contributed by atoms with Crippen molar-refractivity contribution in [1.82, 2.24) is 10.3 Å². The van der Waals surface area contributed by atoms with E-state index in [4.69, 9.17) is 5.11 Å². The Balaban J connectivity index is 1.90. The van der Waals surface area contributed by atoms with Crippen molar-refractivity contribution in [3.05, 3.63) is 30.1 Å². The normalized spacial score (nSPS) is 17.1. The number of amides is 1. The van der Waals surface area contributed by atoms with Crippen molar-refractivity contribution >= 4 is 11.9 Å². The molecule has 5 heteroatoms. The zero-order chi connectivity index (χ0) is 15.1. The lowest BCUT2D eigenvalue weighted by Gasteiger charge is -2.37. The molecule has 0 aliphatic heterocycles. The molecular weight excluding hydrogens is 268 g/mol. The highest BCUT2D eigenvalue weighted by atomic mass is 16.4. The summed E-state index contributed by atoms with van der Waals surface area (Å²) in [6, 6.07) is 3.79. The summed E-state index contributed by atoms with van der Waals surface area (Å²) < 4.78 is 0. The van der Waals surface area contributed by atoms with Crippen molar-refractivity contribution in [1.29, 1.82) is 0 Å². The summed E-state index contributed by atoms with van der Waals surface area (Å²) in [5, 5.41) is 12.1. The Morgan fingerprint density at radius 1 is 1.29 bits per heavy atom. The minimum Gasteiger partial charge on any atom is -0.481 e. The van der Waals surface area contributed by atoms with Crippen molar-refractivity contribution in [2.45, 2.75) is 56.9 Å². The number of carbonyl (C=O) groups is 2. The van der Waals surface area contributed by atoms with Crippen molar-refractivity contribution in [3.63, 3.8) is 0 Å². The predicted molar refractivity (Wildman–Crippen MR) is 78.8 cm³/mol. The third kappa shape index (κ3) is 4.85. The largest absolute Gasteiger partial charge is 0.481 e. The third-order valence-corrected chi connectivity index (χ3v) is 4.07. The molecule has 0 spiro atoms. The van der Waals surface area contributed by atoms with E-state index < -0.39 is 11.5 Å². The number of nitrogens with zero attached hydrogens (tertiary/aromatic N) is 1. The molecule has 0 unspecified atom stereocenters. The van der Waals surface area contributed by atoms with Crippen molar-refractivity contribution in [3.8, 4) is 0 Å². The first-order chi connectivity index (χ1) is 10.1. The summed E-state index contributed by atoms with van der Waals surface area (Å²) in [5.74, 6) is -0.911. The number of nitrogens with one attached hydrogen (secondary N) is 1. The molecule has 1 aromatic heterocycles. The van der Waals surface area contributed by atoms with Crippen LogP contribution in [0.3, 0.4) is 0 Å². The van der Waals surface area contributed by atoms with Crippen LogP contribution in [0.4, 0.5) is 0 Å². The van der Waals surface area contributed by atoms with Gasteiger partial charge in [0.1, 0.15) is 0 Å². The van der Waals surface area contributed by atoms with E-state index in [9.17, 15) is 9.59 Å². The number of carboxylic acid groups (broad SMARTS) is 1. The summed E-state index contributed by atoms with van der Waals surface area (Å²) in [4.78, 5) is 27.2. The monoisotopic (exact) mass is 290 g/mol. The van der Waals surface area contributed by atoms with Gasteiger partial charge >= 0.3 is 5.97 Å². The van der Waals surface area contributed by atoms with Crippen molar-refractivity contribution in [2.75, 3.05) is 0 Å². The number of aromatic nitrogens is 1. The van der Waals surface area contributed by atoms with Gasteiger partial charge in [0.05, 0.1) is 12.0 Å². The summed E-state index contributed by atoms with van der Waals surface area (Å²) in [5.41, 5.74) is 0.472. The Bertz CT molecular complexity index is 482. The van der Waals surface area contributed by atoms with Gasteiger partial charge in [0.2, 0.25) is 5.91 Å². The number of rotatable bonds is 6. The maximum atomic E-state index is 12.1. The number of carbonyl (C=O) groups excluding carboxylic acids is 1. The van der Waals surface area contributed by atoms with E-state index in [1.807, 2.05) is 12.1 Å². The highest BCUT2D eigenvalue weighted by Gasteiger charge is 2.35. The Hall–Kier alpha value is -1.91. The zero-order valence-electron chi connectivity index (χ0n) is 12.2. The van der Waals surface area contributed by atoms with Crippen LogP contribution in [0.2, 0.25) is 0 Å². The number of pyridine rings is 1. The smallest absolute Gasteiger partial charge is 0.305 e. The molecular formula is C16H22N2O3. The lowest BCUT2D eigenvalue weighted by molar-refractivity contribution is -0.139. The first-order valence-electron chi connectivity index (χ1n) is 7.51. The van der Waals surface area contributed by atoms with Gasteiger partial charge in [-0.3, -0.25) is 14.6 Å². The number of hydrogen-bond donors (Lipinski definition) is 2. The maximum Gasteiger partial charge on any atom is 0.305 e. The van der Waals surface area contributed by atoms with Gasteiger partial charge in [-0.15, -0.1) is 0 Å². The molecule has 1 fully saturated rings.